The van der Waals surface area contributed by atoms with Gasteiger partial charge in [0, 0.05) is 12.7 Å². The van der Waals surface area contributed by atoms with Gasteiger partial charge in [0.25, 0.3) is 5.91 Å². The zero-order chi connectivity index (χ0) is 26.1. The van der Waals surface area contributed by atoms with E-state index < -0.39 is 40.9 Å². The van der Waals surface area contributed by atoms with Gasteiger partial charge in [0.2, 0.25) is 0 Å². The van der Waals surface area contributed by atoms with Crippen molar-refractivity contribution in [2.24, 2.45) is 0 Å². The molecule has 2 amide bonds. The number of ether oxygens (including phenoxy) is 1. The second-order valence-corrected chi connectivity index (χ2v) is 8.74. The zero-order valence-electron chi connectivity index (χ0n) is 19.3. The van der Waals surface area contributed by atoms with Crippen molar-refractivity contribution in [2.75, 3.05) is 12.4 Å². The Balaban J connectivity index is 1.92. The van der Waals surface area contributed by atoms with Crippen LogP contribution in [0.25, 0.3) is 11.0 Å². The van der Waals surface area contributed by atoms with Gasteiger partial charge >= 0.3 is 18.2 Å². The molecule has 3 N–H and O–H groups in total. The quantitative estimate of drug-likeness (QED) is 0.465. The summed E-state index contributed by atoms with van der Waals surface area (Å²) in [6.45, 7) is 5.09. The van der Waals surface area contributed by atoms with Crippen molar-refractivity contribution in [3.63, 3.8) is 0 Å². The smallest absolute Gasteiger partial charge is 0.417 e. The number of anilines is 1. The summed E-state index contributed by atoms with van der Waals surface area (Å²) >= 11 is 0. The molecule has 0 unspecified atom stereocenters. The number of nitrogens with zero attached hydrogens (tertiary/aromatic N) is 2. The molecule has 0 aliphatic heterocycles. The number of imidazole rings is 1. The van der Waals surface area contributed by atoms with Crippen molar-refractivity contribution >= 4 is 34.7 Å². The molecule has 0 radical (unpaired) electrons. The van der Waals surface area contributed by atoms with Gasteiger partial charge in [-0.05, 0) is 45.0 Å². The first kappa shape index (κ1) is 25.5. The number of hydrogen-bond donors (Lipinski definition) is 3. The highest BCUT2D eigenvalue weighted by atomic mass is 19.4. The Morgan fingerprint density at radius 3 is 2.37 bits per heavy atom. The number of aromatic carboxylic acids is 1. The van der Waals surface area contributed by atoms with Gasteiger partial charge in [-0.3, -0.25) is 4.79 Å². The fourth-order valence-corrected chi connectivity index (χ4v) is 3.23. The van der Waals surface area contributed by atoms with Gasteiger partial charge in [-0.2, -0.15) is 13.2 Å². The topological polar surface area (TPSA) is 125 Å². The monoisotopic (exact) mass is 492 g/mol. The Bertz CT molecular complexity index is 1290. The SMILES string of the molecule is CN(Cc1nc2c(C(=O)O)cc(NC(=O)c3ccccc3C(F)(F)F)cc2[nH]1)C(=O)OC(C)(C)C. The first-order valence-electron chi connectivity index (χ1n) is 10.3. The molecule has 0 aliphatic carbocycles. The first-order chi connectivity index (χ1) is 16.2. The van der Waals surface area contributed by atoms with E-state index in [0.717, 1.165) is 24.3 Å². The molecule has 9 nitrogen and oxygen atoms in total. The van der Waals surface area contributed by atoms with Crippen molar-refractivity contribution in [1.82, 2.24) is 14.9 Å². The van der Waals surface area contributed by atoms with Crippen LogP contribution in [0.5, 0.6) is 0 Å². The summed E-state index contributed by atoms with van der Waals surface area (Å²) in [5.74, 6) is -2.18. The summed E-state index contributed by atoms with van der Waals surface area (Å²) in [5.41, 5.74) is -2.52. The van der Waals surface area contributed by atoms with Crippen LogP contribution in [0.15, 0.2) is 36.4 Å². The highest BCUT2D eigenvalue weighted by molar-refractivity contribution is 6.08. The van der Waals surface area contributed by atoms with Gasteiger partial charge in [-0.15, -0.1) is 0 Å². The van der Waals surface area contributed by atoms with Crippen LogP contribution in [0.1, 0.15) is 52.9 Å². The maximum Gasteiger partial charge on any atom is 0.417 e. The Morgan fingerprint density at radius 2 is 1.77 bits per heavy atom. The average Bonchev–Trinajstić information content (AvgIpc) is 3.13. The minimum Gasteiger partial charge on any atom is -0.478 e. The number of nitrogens with one attached hydrogen (secondary N) is 2. The van der Waals surface area contributed by atoms with E-state index in [0.29, 0.717) is 0 Å². The number of carbonyl (C=O) groups excluding carboxylic acids is 2. The molecule has 12 heteroatoms. The number of rotatable bonds is 5. The summed E-state index contributed by atoms with van der Waals surface area (Å²) < 4.78 is 45.1. The predicted octanol–water partition coefficient (Wildman–Crippen LogP) is 4.90. The van der Waals surface area contributed by atoms with E-state index in [9.17, 15) is 32.7 Å². The number of carboxylic acids is 1. The molecule has 0 fully saturated rings. The van der Waals surface area contributed by atoms with Gasteiger partial charge in [-0.1, -0.05) is 12.1 Å². The van der Waals surface area contributed by atoms with E-state index in [1.165, 1.54) is 24.1 Å². The number of aromatic nitrogens is 2. The van der Waals surface area contributed by atoms with Gasteiger partial charge < -0.3 is 25.0 Å². The van der Waals surface area contributed by atoms with Crippen molar-refractivity contribution in [1.29, 1.82) is 0 Å². The lowest BCUT2D eigenvalue weighted by Crippen LogP contribution is -2.34. The molecular weight excluding hydrogens is 469 g/mol. The third-order valence-corrected chi connectivity index (χ3v) is 4.69. The predicted molar refractivity (Wildman–Crippen MR) is 120 cm³/mol. The number of hydrogen-bond acceptors (Lipinski definition) is 5. The number of halogens is 3. The van der Waals surface area contributed by atoms with Crippen LogP contribution in [0.3, 0.4) is 0 Å². The van der Waals surface area contributed by atoms with Crippen LogP contribution in [0.2, 0.25) is 0 Å². The molecule has 0 saturated carbocycles. The van der Waals surface area contributed by atoms with E-state index in [4.69, 9.17) is 4.74 Å². The molecule has 0 bridgehead atoms. The van der Waals surface area contributed by atoms with Crippen LogP contribution >= 0.6 is 0 Å². The minimum absolute atomic E-state index is 0.0384. The van der Waals surface area contributed by atoms with Crippen molar-refractivity contribution in [2.45, 2.75) is 39.1 Å². The Labute approximate surface area is 197 Å². The van der Waals surface area contributed by atoms with E-state index in [-0.39, 0.29) is 34.7 Å². The molecule has 0 saturated heterocycles. The fourth-order valence-electron chi connectivity index (χ4n) is 3.23. The largest absolute Gasteiger partial charge is 0.478 e. The lowest BCUT2D eigenvalue weighted by atomic mass is 10.1. The summed E-state index contributed by atoms with van der Waals surface area (Å²) in [5, 5.41) is 11.9. The molecule has 0 aliphatic rings. The normalized spacial score (nSPS) is 11.9. The molecular formula is C23H23F3N4O5. The summed E-state index contributed by atoms with van der Waals surface area (Å²) in [6, 6.07) is 6.70. The lowest BCUT2D eigenvalue weighted by molar-refractivity contribution is -0.137. The van der Waals surface area contributed by atoms with Crippen molar-refractivity contribution in [3.05, 3.63) is 58.9 Å². The number of amides is 2. The molecule has 1 aromatic heterocycles. The number of carboxylic acid groups (broad SMARTS) is 1. The maximum atomic E-state index is 13.3. The number of alkyl halides is 3. The highest BCUT2D eigenvalue weighted by Gasteiger charge is 2.35. The van der Waals surface area contributed by atoms with E-state index in [1.807, 2.05) is 0 Å². The van der Waals surface area contributed by atoms with Gasteiger partial charge in [0.1, 0.15) is 16.9 Å². The molecule has 3 aromatic rings. The van der Waals surface area contributed by atoms with Gasteiger partial charge in [-0.25, -0.2) is 14.6 Å². The minimum atomic E-state index is -4.75. The van der Waals surface area contributed by atoms with Gasteiger partial charge in [0.05, 0.1) is 28.8 Å². The number of H-pyrrole nitrogens is 1. The van der Waals surface area contributed by atoms with Crippen LogP contribution < -0.4 is 5.32 Å². The second-order valence-electron chi connectivity index (χ2n) is 8.74. The maximum absolute atomic E-state index is 13.3. The molecule has 35 heavy (non-hydrogen) atoms. The zero-order valence-corrected chi connectivity index (χ0v) is 19.3. The summed E-state index contributed by atoms with van der Waals surface area (Å²) in [6.07, 6.45) is -5.37. The Hall–Kier alpha value is -4.09. The first-order valence-corrected chi connectivity index (χ1v) is 10.3. The van der Waals surface area contributed by atoms with Gasteiger partial charge in [0.15, 0.2) is 0 Å². The highest BCUT2D eigenvalue weighted by Crippen LogP contribution is 2.32. The number of fused-ring (bicyclic) bond motifs is 1. The molecule has 3 rings (SSSR count). The molecule has 1 heterocycles. The molecule has 186 valence electrons. The van der Waals surface area contributed by atoms with Crippen LogP contribution in [-0.4, -0.2) is 50.6 Å². The lowest BCUT2D eigenvalue weighted by Gasteiger charge is -2.24. The van der Waals surface area contributed by atoms with E-state index in [2.05, 4.69) is 15.3 Å². The number of carbonyl (C=O) groups is 3. The van der Waals surface area contributed by atoms with Crippen molar-refractivity contribution in [3.8, 4) is 0 Å². The van der Waals surface area contributed by atoms with E-state index in [1.54, 1.807) is 20.8 Å². The van der Waals surface area contributed by atoms with E-state index >= 15 is 0 Å². The van der Waals surface area contributed by atoms with Crippen molar-refractivity contribution < 1.29 is 37.4 Å². The fraction of sp³-hybridized carbons (Fsp3) is 0.304. The third-order valence-electron chi connectivity index (χ3n) is 4.69. The van der Waals surface area contributed by atoms with Crippen LogP contribution in [0.4, 0.5) is 23.7 Å². The molecule has 2 aromatic carbocycles. The van der Waals surface area contributed by atoms with Crippen LogP contribution in [-0.2, 0) is 17.5 Å². The van der Waals surface area contributed by atoms with Crippen LogP contribution in [0, 0.1) is 0 Å². The average molecular weight is 492 g/mol. The summed E-state index contributed by atoms with van der Waals surface area (Å²) in [4.78, 5) is 44.9. The Kier molecular flexibility index (Phi) is 6.77. The number of aromatic amines is 1. The standard InChI is InChI=1S/C23H23F3N4O5/c1-22(2,3)35-21(34)30(4)11-17-28-16-10-12(9-14(20(32)33)18(16)29-17)27-19(31)13-7-5-6-8-15(13)23(24,25)26/h5-10H,11H2,1-4H3,(H,27,31)(H,28,29)(H,32,33). The summed E-state index contributed by atoms with van der Waals surface area (Å²) in [7, 11) is 1.48. The Morgan fingerprint density at radius 1 is 1.11 bits per heavy atom. The number of benzene rings is 2. The second kappa shape index (κ2) is 9.28. The molecule has 0 atom stereocenters. The third kappa shape index (κ3) is 6.08. The molecule has 0 spiro atoms.